The van der Waals surface area contributed by atoms with E-state index in [-0.39, 0.29) is 11.3 Å². The highest BCUT2D eigenvalue weighted by atomic mass is 35.5. The van der Waals surface area contributed by atoms with Crippen LogP contribution in [0.4, 0.5) is 20.3 Å². The van der Waals surface area contributed by atoms with Gasteiger partial charge in [0, 0.05) is 47.8 Å². The van der Waals surface area contributed by atoms with E-state index in [0.717, 1.165) is 5.69 Å². The van der Waals surface area contributed by atoms with Gasteiger partial charge in [0.15, 0.2) is 0 Å². The Kier molecular flexibility index (Phi) is 5.51. The monoisotopic (exact) mass is 463 g/mol. The number of aromatic nitrogens is 3. The van der Waals surface area contributed by atoms with Crippen molar-refractivity contribution in [3.8, 4) is 17.0 Å². The Morgan fingerprint density at radius 1 is 1.31 bits per heavy atom. The number of carbonyl (C=O) groups is 1. The molecule has 1 aromatic carbocycles. The zero-order chi connectivity index (χ0) is 23.1. The fourth-order valence-electron chi connectivity index (χ4n) is 3.45. The molecular weight excluding hydrogens is 444 g/mol. The number of alkyl halides is 3. The minimum atomic E-state index is -3.82. The van der Waals surface area contributed by atoms with Crippen molar-refractivity contribution in [1.29, 1.82) is 0 Å². The minimum Gasteiger partial charge on any atom is -0.420 e. The molecule has 0 aliphatic carbocycles. The molecular formula is C21H20ClF2N5O3. The van der Waals surface area contributed by atoms with E-state index in [1.807, 2.05) is 17.9 Å². The predicted molar refractivity (Wildman–Crippen MR) is 115 cm³/mol. The Morgan fingerprint density at radius 2 is 2.00 bits per heavy atom. The molecule has 4 rings (SSSR count). The van der Waals surface area contributed by atoms with Crippen molar-refractivity contribution in [3.63, 3.8) is 0 Å². The van der Waals surface area contributed by atoms with Gasteiger partial charge in [-0.2, -0.15) is 5.10 Å². The number of nitrogens with one attached hydrogen (secondary N) is 2. The molecule has 3 N–H and O–H groups in total. The van der Waals surface area contributed by atoms with Gasteiger partial charge < -0.3 is 20.1 Å². The maximum absolute atomic E-state index is 12.8. The van der Waals surface area contributed by atoms with Gasteiger partial charge in [-0.15, -0.1) is 8.78 Å². The van der Waals surface area contributed by atoms with E-state index in [9.17, 15) is 18.7 Å². The van der Waals surface area contributed by atoms with Crippen LogP contribution >= 0.6 is 11.6 Å². The van der Waals surface area contributed by atoms with Crippen molar-refractivity contribution in [2.75, 3.05) is 23.3 Å². The number of amides is 1. The molecule has 0 spiro atoms. The van der Waals surface area contributed by atoms with E-state index in [0.29, 0.717) is 35.9 Å². The van der Waals surface area contributed by atoms with Crippen LogP contribution in [0.1, 0.15) is 23.0 Å². The normalized spacial score (nSPS) is 15.2. The Morgan fingerprint density at radius 3 is 2.56 bits per heavy atom. The lowest BCUT2D eigenvalue weighted by molar-refractivity contribution is -0.0964. The first kappa shape index (κ1) is 22.0. The summed E-state index contributed by atoms with van der Waals surface area (Å²) in [5.74, 6) is 0.0308. The maximum atomic E-state index is 12.8. The van der Waals surface area contributed by atoms with Crippen LogP contribution in [0.25, 0.3) is 11.3 Å². The van der Waals surface area contributed by atoms with Crippen molar-refractivity contribution in [1.82, 2.24) is 15.2 Å². The summed E-state index contributed by atoms with van der Waals surface area (Å²) in [6.45, 7) is 4.44. The number of pyridine rings is 1. The van der Waals surface area contributed by atoms with Crippen LogP contribution in [-0.4, -0.2) is 50.5 Å². The molecule has 11 heteroatoms. The molecule has 168 valence electrons. The first-order valence-corrected chi connectivity index (χ1v) is 10.0. The molecule has 0 radical (unpaired) electrons. The zero-order valence-electron chi connectivity index (χ0n) is 17.2. The summed E-state index contributed by atoms with van der Waals surface area (Å²) >= 11 is 4.75. The average Bonchev–Trinajstić information content (AvgIpc) is 3.12. The second kappa shape index (κ2) is 8.03. The van der Waals surface area contributed by atoms with Gasteiger partial charge in [0.05, 0.1) is 16.9 Å². The standard InChI is InChI=1S/C21H20ClF2N5O3/c1-12-7-17(28-27-12)16-8-13(9-25-18(16)29-10-20(2,31)11-29)19(30)26-14-3-5-15(6-4-14)32-21(22,23)24/h3-9,31H,10-11H2,1-2H3,(H,26,30)(H,27,28). The van der Waals surface area contributed by atoms with E-state index >= 15 is 0 Å². The molecule has 0 unspecified atom stereocenters. The molecule has 0 bridgehead atoms. The number of H-pyrrole nitrogens is 1. The van der Waals surface area contributed by atoms with Crippen LogP contribution in [0.3, 0.4) is 0 Å². The number of aliphatic hydroxyl groups is 1. The highest BCUT2D eigenvalue weighted by Crippen LogP contribution is 2.34. The van der Waals surface area contributed by atoms with E-state index in [1.165, 1.54) is 30.5 Å². The van der Waals surface area contributed by atoms with Crippen molar-refractivity contribution >= 4 is 29.0 Å². The summed E-state index contributed by atoms with van der Waals surface area (Å²) in [4.78, 5) is 19.1. The van der Waals surface area contributed by atoms with Crippen LogP contribution < -0.4 is 15.0 Å². The highest BCUT2D eigenvalue weighted by Gasteiger charge is 2.38. The molecule has 3 aromatic rings. The van der Waals surface area contributed by atoms with Gasteiger partial charge >= 0.3 is 5.57 Å². The lowest BCUT2D eigenvalue weighted by atomic mass is 9.95. The Labute approximate surface area is 187 Å². The van der Waals surface area contributed by atoms with Gasteiger partial charge in [-0.1, -0.05) is 0 Å². The number of halogens is 3. The second-order valence-corrected chi connectivity index (χ2v) is 8.35. The van der Waals surface area contributed by atoms with Crippen LogP contribution in [0.5, 0.6) is 5.75 Å². The molecule has 1 saturated heterocycles. The summed E-state index contributed by atoms with van der Waals surface area (Å²) in [7, 11) is 0. The van der Waals surface area contributed by atoms with Crippen molar-refractivity contribution < 1.29 is 23.4 Å². The summed E-state index contributed by atoms with van der Waals surface area (Å²) in [5.41, 5.74) is -1.84. The third-order valence-electron chi connectivity index (χ3n) is 4.82. The van der Waals surface area contributed by atoms with Crippen LogP contribution in [0, 0.1) is 6.92 Å². The van der Waals surface area contributed by atoms with Gasteiger partial charge in [0.25, 0.3) is 5.91 Å². The predicted octanol–water partition coefficient (Wildman–Crippen LogP) is 3.77. The molecule has 0 atom stereocenters. The molecule has 3 heterocycles. The fourth-order valence-corrected chi connectivity index (χ4v) is 3.54. The molecule has 8 nitrogen and oxygen atoms in total. The number of nitrogens with zero attached hydrogens (tertiary/aromatic N) is 3. The van der Waals surface area contributed by atoms with Crippen molar-refractivity contribution in [2.45, 2.75) is 25.0 Å². The van der Waals surface area contributed by atoms with Gasteiger partial charge in [-0.05, 0) is 50.2 Å². The molecule has 1 amide bonds. The van der Waals surface area contributed by atoms with Crippen molar-refractivity contribution in [2.24, 2.45) is 0 Å². The largest absolute Gasteiger partial charge is 0.487 e. The molecule has 1 fully saturated rings. The highest BCUT2D eigenvalue weighted by molar-refractivity contribution is 6.20. The summed E-state index contributed by atoms with van der Waals surface area (Å²) < 4.78 is 29.7. The number of carbonyl (C=O) groups excluding carboxylic acids is 1. The molecule has 2 aromatic heterocycles. The Hall–Kier alpha value is -3.24. The van der Waals surface area contributed by atoms with Gasteiger partial charge in [-0.3, -0.25) is 9.89 Å². The molecule has 1 aliphatic rings. The molecule has 32 heavy (non-hydrogen) atoms. The number of anilines is 2. The second-order valence-electron chi connectivity index (χ2n) is 7.91. The number of benzene rings is 1. The van der Waals surface area contributed by atoms with Crippen molar-refractivity contribution in [3.05, 3.63) is 53.9 Å². The topological polar surface area (TPSA) is 103 Å². The van der Waals surface area contributed by atoms with E-state index in [1.54, 1.807) is 13.0 Å². The fraction of sp³-hybridized carbons (Fsp3) is 0.286. The zero-order valence-corrected chi connectivity index (χ0v) is 18.0. The molecule has 0 saturated carbocycles. The number of aryl methyl sites for hydroxylation is 1. The summed E-state index contributed by atoms with van der Waals surface area (Å²) in [6.07, 6.45) is 1.44. The lowest BCUT2D eigenvalue weighted by Gasteiger charge is -2.45. The first-order valence-electron chi connectivity index (χ1n) is 9.66. The van der Waals surface area contributed by atoms with E-state index in [2.05, 4.69) is 25.2 Å². The Balaban J connectivity index is 1.56. The van der Waals surface area contributed by atoms with Gasteiger partial charge in [0.1, 0.15) is 11.6 Å². The summed E-state index contributed by atoms with van der Waals surface area (Å²) in [6, 6.07) is 8.87. The minimum absolute atomic E-state index is 0.143. The molecule has 1 aliphatic heterocycles. The average molecular weight is 464 g/mol. The van der Waals surface area contributed by atoms with Crippen LogP contribution in [0.15, 0.2) is 42.6 Å². The van der Waals surface area contributed by atoms with Gasteiger partial charge in [-0.25, -0.2) is 4.98 Å². The number of β-amino-alcohol motifs (C(OH)–C–C–N with tert-alkyl or cyclic N) is 1. The van der Waals surface area contributed by atoms with E-state index < -0.39 is 17.1 Å². The number of rotatable bonds is 6. The Bertz CT molecular complexity index is 1140. The summed E-state index contributed by atoms with van der Waals surface area (Å²) in [5, 5.41) is 19.9. The third-order valence-corrected chi connectivity index (χ3v) is 4.90. The number of aromatic amines is 1. The SMILES string of the molecule is Cc1cc(-c2cc(C(=O)Nc3ccc(OC(F)(F)Cl)cc3)cnc2N2CC(C)(O)C2)n[nH]1. The quantitative estimate of drug-likeness (QED) is 0.481. The number of hydrogen-bond donors (Lipinski definition) is 3. The smallest absolute Gasteiger partial charge is 0.420 e. The van der Waals surface area contributed by atoms with Crippen LogP contribution in [0.2, 0.25) is 0 Å². The van der Waals surface area contributed by atoms with Gasteiger partial charge in [0.2, 0.25) is 0 Å². The number of ether oxygens (including phenoxy) is 1. The lowest BCUT2D eigenvalue weighted by Crippen LogP contribution is -2.60. The maximum Gasteiger partial charge on any atom is 0.487 e. The first-order chi connectivity index (χ1) is 15.0. The van der Waals surface area contributed by atoms with E-state index in [4.69, 9.17) is 11.6 Å². The van der Waals surface area contributed by atoms with Crippen LogP contribution in [-0.2, 0) is 0 Å². The third kappa shape index (κ3) is 4.97. The number of hydrogen-bond acceptors (Lipinski definition) is 6.